The van der Waals surface area contributed by atoms with E-state index in [0.717, 1.165) is 5.56 Å². The molecule has 1 heterocycles. The summed E-state index contributed by atoms with van der Waals surface area (Å²) in [6.45, 7) is 0. The van der Waals surface area contributed by atoms with Crippen molar-refractivity contribution in [2.24, 2.45) is 0 Å². The molecule has 0 amide bonds. The summed E-state index contributed by atoms with van der Waals surface area (Å²) in [6.07, 6.45) is 1.53. The standard InChI is InChI=1S/C12H9N3O/c13-6-8-3-1-2-4-10(8)9-5-11(16)12(14)15-7-9/h1-5,7,16H,(H2,14,15). The van der Waals surface area contributed by atoms with E-state index in [4.69, 9.17) is 11.0 Å². The zero-order valence-corrected chi connectivity index (χ0v) is 8.38. The third kappa shape index (κ3) is 1.66. The lowest BCUT2D eigenvalue weighted by molar-refractivity contribution is 0.476. The molecule has 16 heavy (non-hydrogen) atoms. The van der Waals surface area contributed by atoms with E-state index in [9.17, 15) is 5.11 Å². The predicted octanol–water partition coefficient (Wildman–Crippen LogP) is 1.91. The number of rotatable bonds is 1. The fourth-order valence-electron chi connectivity index (χ4n) is 1.44. The summed E-state index contributed by atoms with van der Waals surface area (Å²) in [5.74, 6) is 0.00318. The molecule has 1 aromatic heterocycles. The molecule has 0 aliphatic carbocycles. The quantitative estimate of drug-likeness (QED) is 0.754. The van der Waals surface area contributed by atoms with Crippen molar-refractivity contribution in [3.05, 3.63) is 42.1 Å². The first-order valence-corrected chi connectivity index (χ1v) is 4.66. The molecule has 4 nitrogen and oxygen atoms in total. The number of aromatic nitrogens is 1. The lowest BCUT2D eigenvalue weighted by Gasteiger charge is -2.05. The molecule has 0 bridgehead atoms. The van der Waals surface area contributed by atoms with Gasteiger partial charge in [-0.15, -0.1) is 0 Å². The number of nitrogens with zero attached hydrogens (tertiary/aromatic N) is 2. The number of aromatic hydroxyl groups is 1. The van der Waals surface area contributed by atoms with E-state index in [1.54, 1.807) is 18.2 Å². The van der Waals surface area contributed by atoms with Gasteiger partial charge in [0, 0.05) is 17.3 Å². The minimum Gasteiger partial charge on any atom is -0.504 e. The SMILES string of the molecule is N#Cc1ccccc1-c1cnc(N)c(O)c1. The third-order valence-corrected chi connectivity index (χ3v) is 2.26. The van der Waals surface area contributed by atoms with Gasteiger partial charge in [0.1, 0.15) is 0 Å². The van der Waals surface area contributed by atoms with Crippen LogP contribution in [0.1, 0.15) is 5.56 Å². The Labute approximate surface area is 92.6 Å². The lowest BCUT2D eigenvalue weighted by Crippen LogP contribution is -1.91. The van der Waals surface area contributed by atoms with Crippen LogP contribution in [-0.4, -0.2) is 10.1 Å². The second kappa shape index (κ2) is 3.91. The molecule has 0 aliphatic rings. The van der Waals surface area contributed by atoms with Crippen molar-refractivity contribution in [2.75, 3.05) is 5.73 Å². The van der Waals surface area contributed by atoms with Crippen LogP contribution in [0.5, 0.6) is 5.75 Å². The van der Waals surface area contributed by atoms with Crippen molar-refractivity contribution in [1.29, 1.82) is 5.26 Å². The van der Waals surface area contributed by atoms with Crippen molar-refractivity contribution >= 4 is 5.82 Å². The van der Waals surface area contributed by atoms with Crippen molar-refractivity contribution in [3.63, 3.8) is 0 Å². The maximum Gasteiger partial charge on any atom is 0.165 e. The van der Waals surface area contributed by atoms with Crippen LogP contribution >= 0.6 is 0 Å². The van der Waals surface area contributed by atoms with Crippen LogP contribution in [0.3, 0.4) is 0 Å². The Kier molecular flexibility index (Phi) is 2.44. The van der Waals surface area contributed by atoms with Crippen molar-refractivity contribution in [2.45, 2.75) is 0 Å². The van der Waals surface area contributed by atoms with Crippen LogP contribution < -0.4 is 5.73 Å². The van der Waals surface area contributed by atoms with Gasteiger partial charge in [-0.3, -0.25) is 0 Å². The third-order valence-electron chi connectivity index (χ3n) is 2.26. The topological polar surface area (TPSA) is 82.9 Å². The number of nitrogens with two attached hydrogens (primary N) is 1. The first-order chi connectivity index (χ1) is 7.72. The maximum atomic E-state index is 9.45. The number of nitriles is 1. The van der Waals surface area contributed by atoms with Crippen molar-refractivity contribution in [3.8, 4) is 22.9 Å². The van der Waals surface area contributed by atoms with Crippen LogP contribution in [-0.2, 0) is 0 Å². The van der Waals surface area contributed by atoms with Gasteiger partial charge in [0.25, 0.3) is 0 Å². The summed E-state index contributed by atoms with van der Waals surface area (Å²) >= 11 is 0. The smallest absolute Gasteiger partial charge is 0.165 e. The monoisotopic (exact) mass is 211 g/mol. The number of hydrogen-bond acceptors (Lipinski definition) is 4. The van der Waals surface area contributed by atoms with E-state index in [2.05, 4.69) is 11.1 Å². The molecule has 2 aromatic rings. The Balaban J connectivity index is 2.60. The van der Waals surface area contributed by atoms with Gasteiger partial charge in [-0.05, 0) is 12.1 Å². The number of benzene rings is 1. The van der Waals surface area contributed by atoms with Gasteiger partial charge in [-0.25, -0.2) is 4.98 Å². The van der Waals surface area contributed by atoms with Gasteiger partial charge in [0.05, 0.1) is 11.6 Å². The predicted molar refractivity (Wildman–Crippen MR) is 60.5 cm³/mol. The van der Waals surface area contributed by atoms with Crippen LogP contribution in [0.25, 0.3) is 11.1 Å². The molecule has 0 unspecified atom stereocenters. The van der Waals surface area contributed by atoms with Gasteiger partial charge in [0.2, 0.25) is 0 Å². The first-order valence-electron chi connectivity index (χ1n) is 4.66. The molecule has 2 rings (SSSR count). The van der Waals surface area contributed by atoms with Gasteiger partial charge >= 0.3 is 0 Å². The normalized spacial score (nSPS) is 9.69. The number of pyridine rings is 1. The highest BCUT2D eigenvalue weighted by molar-refractivity contribution is 5.72. The van der Waals surface area contributed by atoms with E-state index >= 15 is 0 Å². The van der Waals surface area contributed by atoms with Crippen LogP contribution in [0, 0.1) is 11.3 Å². The molecule has 0 radical (unpaired) electrons. The molecule has 4 heteroatoms. The average molecular weight is 211 g/mol. The Morgan fingerprint density at radius 2 is 2.06 bits per heavy atom. The van der Waals surface area contributed by atoms with E-state index < -0.39 is 0 Å². The molecule has 3 N–H and O–H groups in total. The lowest BCUT2D eigenvalue weighted by atomic mass is 10.0. The summed E-state index contributed by atoms with van der Waals surface area (Å²) in [5.41, 5.74) is 7.35. The Morgan fingerprint density at radius 3 is 2.75 bits per heavy atom. The highest BCUT2D eigenvalue weighted by Gasteiger charge is 2.06. The molecule has 0 aliphatic heterocycles. The van der Waals surface area contributed by atoms with E-state index in [1.807, 2.05) is 6.07 Å². The molecule has 0 saturated heterocycles. The first kappa shape index (κ1) is 9.99. The highest BCUT2D eigenvalue weighted by Crippen LogP contribution is 2.27. The Bertz CT molecular complexity index is 573. The maximum absolute atomic E-state index is 9.45. The van der Waals surface area contributed by atoms with Crippen LogP contribution in [0.2, 0.25) is 0 Å². The second-order valence-corrected chi connectivity index (χ2v) is 3.29. The fourth-order valence-corrected chi connectivity index (χ4v) is 1.44. The van der Waals surface area contributed by atoms with Crippen molar-refractivity contribution < 1.29 is 5.11 Å². The molecular weight excluding hydrogens is 202 g/mol. The average Bonchev–Trinajstić information content (AvgIpc) is 2.32. The number of hydrogen-bond donors (Lipinski definition) is 2. The summed E-state index contributed by atoms with van der Waals surface area (Å²) in [4.78, 5) is 3.85. The fraction of sp³-hybridized carbons (Fsp3) is 0. The van der Waals surface area contributed by atoms with E-state index in [-0.39, 0.29) is 11.6 Å². The Hall–Kier alpha value is -2.54. The summed E-state index contributed by atoms with van der Waals surface area (Å²) in [7, 11) is 0. The highest BCUT2D eigenvalue weighted by atomic mass is 16.3. The van der Waals surface area contributed by atoms with E-state index in [0.29, 0.717) is 11.1 Å². The zero-order valence-electron chi connectivity index (χ0n) is 8.38. The van der Waals surface area contributed by atoms with Gasteiger partial charge in [-0.2, -0.15) is 5.26 Å². The molecule has 1 aromatic carbocycles. The minimum atomic E-state index is -0.0785. The van der Waals surface area contributed by atoms with Gasteiger partial charge in [-0.1, -0.05) is 18.2 Å². The van der Waals surface area contributed by atoms with Gasteiger partial charge < -0.3 is 10.8 Å². The summed E-state index contributed by atoms with van der Waals surface area (Å²) < 4.78 is 0. The second-order valence-electron chi connectivity index (χ2n) is 3.29. The summed E-state index contributed by atoms with van der Waals surface area (Å²) in [6, 6.07) is 10.7. The molecule has 0 atom stereocenters. The molecule has 0 spiro atoms. The molecule has 0 saturated carbocycles. The zero-order chi connectivity index (χ0) is 11.5. The van der Waals surface area contributed by atoms with Crippen molar-refractivity contribution in [1.82, 2.24) is 4.98 Å². The van der Waals surface area contributed by atoms with Gasteiger partial charge in [0.15, 0.2) is 11.6 Å². The molecular formula is C12H9N3O. The molecule has 0 fully saturated rings. The Morgan fingerprint density at radius 1 is 1.31 bits per heavy atom. The van der Waals surface area contributed by atoms with E-state index in [1.165, 1.54) is 12.3 Å². The number of anilines is 1. The molecule has 78 valence electrons. The largest absolute Gasteiger partial charge is 0.504 e. The van der Waals surface area contributed by atoms with Crippen LogP contribution in [0.4, 0.5) is 5.82 Å². The van der Waals surface area contributed by atoms with Crippen LogP contribution in [0.15, 0.2) is 36.5 Å². The minimum absolute atomic E-state index is 0.0785. The number of nitrogen functional groups attached to an aromatic ring is 1. The summed E-state index contributed by atoms with van der Waals surface area (Å²) in [5, 5.41) is 18.4.